The SMILES string of the molecule is Cc1[nH]c2c(OCCN3C=CN(C)CC3)ccc(N)c2c1C. The zero-order valence-electron chi connectivity index (χ0n) is 13.5. The third-order valence-electron chi connectivity index (χ3n) is 4.36. The number of nitrogens with two attached hydrogens (primary N) is 1. The van der Waals surface area contributed by atoms with Crippen molar-refractivity contribution >= 4 is 16.6 Å². The van der Waals surface area contributed by atoms with Crippen LogP contribution < -0.4 is 10.5 Å². The molecule has 3 rings (SSSR count). The Kier molecular flexibility index (Phi) is 3.88. The van der Waals surface area contributed by atoms with Crippen molar-refractivity contribution in [3.63, 3.8) is 0 Å². The second kappa shape index (κ2) is 5.83. The number of rotatable bonds is 4. The summed E-state index contributed by atoms with van der Waals surface area (Å²) in [5.41, 5.74) is 10.2. The smallest absolute Gasteiger partial charge is 0.143 e. The minimum atomic E-state index is 0.657. The molecule has 0 radical (unpaired) electrons. The number of hydrogen-bond acceptors (Lipinski definition) is 4. The van der Waals surface area contributed by atoms with Crippen molar-refractivity contribution in [2.75, 3.05) is 39.0 Å². The Morgan fingerprint density at radius 3 is 2.77 bits per heavy atom. The molecule has 0 amide bonds. The molecule has 0 bridgehead atoms. The quantitative estimate of drug-likeness (QED) is 0.852. The number of aromatic nitrogens is 1. The third kappa shape index (κ3) is 2.71. The molecule has 1 aliphatic rings. The predicted molar refractivity (Wildman–Crippen MR) is 91.0 cm³/mol. The predicted octanol–water partition coefficient (Wildman–Crippen LogP) is 2.46. The molecule has 1 aliphatic heterocycles. The van der Waals surface area contributed by atoms with Crippen LogP contribution in [0.1, 0.15) is 11.3 Å². The highest BCUT2D eigenvalue weighted by molar-refractivity contribution is 5.98. The molecule has 1 aromatic carbocycles. The van der Waals surface area contributed by atoms with E-state index in [0.717, 1.165) is 47.7 Å². The van der Waals surface area contributed by atoms with Gasteiger partial charge in [-0.2, -0.15) is 0 Å². The number of H-pyrrole nitrogens is 1. The summed E-state index contributed by atoms with van der Waals surface area (Å²) < 4.78 is 6.00. The van der Waals surface area contributed by atoms with Gasteiger partial charge in [-0.3, -0.25) is 0 Å². The minimum absolute atomic E-state index is 0.657. The van der Waals surface area contributed by atoms with E-state index in [-0.39, 0.29) is 0 Å². The van der Waals surface area contributed by atoms with Crippen LogP contribution in [0.15, 0.2) is 24.5 Å². The number of anilines is 1. The molecule has 2 heterocycles. The fraction of sp³-hybridized carbons (Fsp3) is 0.412. The van der Waals surface area contributed by atoms with Crippen LogP contribution in [0, 0.1) is 13.8 Å². The molecule has 2 aromatic rings. The fourth-order valence-electron chi connectivity index (χ4n) is 2.82. The van der Waals surface area contributed by atoms with Crippen LogP contribution in [0.2, 0.25) is 0 Å². The number of ether oxygens (including phenoxy) is 1. The second-order valence-electron chi connectivity index (χ2n) is 5.94. The Bertz CT molecular complexity index is 704. The van der Waals surface area contributed by atoms with Crippen molar-refractivity contribution in [1.29, 1.82) is 0 Å². The van der Waals surface area contributed by atoms with Crippen LogP contribution in [0.3, 0.4) is 0 Å². The van der Waals surface area contributed by atoms with Crippen LogP contribution in [-0.4, -0.2) is 48.1 Å². The Labute approximate surface area is 131 Å². The molecule has 118 valence electrons. The third-order valence-corrected chi connectivity index (χ3v) is 4.36. The molecular weight excluding hydrogens is 276 g/mol. The second-order valence-corrected chi connectivity index (χ2v) is 5.94. The zero-order valence-corrected chi connectivity index (χ0v) is 13.5. The number of likely N-dealkylation sites (N-methyl/N-ethyl adjacent to an activating group) is 1. The number of benzene rings is 1. The summed E-state index contributed by atoms with van der Waals surface area (Å²) in [5.74, 6) is 0.874. The minimum Gasteiger partial charge on any atom is -0.490 e. The summed E-state index contributed by atoms with van der Waals surface area (Å²) in [5, 5.41) is 1.08. The molecular formula is C17H24N4O. The lowest BCUT2D eigenvalue weighted by Gasteiger charge is -2.28. The maximum atomic E-state index is 6.10. The zero-order chi connectivity index (χ0) is 15.7. The number of fused-ring (bicyclic) bond motifs is 1. The maximum Gasteiger partial charge on any atom is 0.143 e. The number of nitrogen functional groups attached to an aromatic ring is 1. The summed E-state index contributed by atoms with van der Waals surface area (Å²) in [6.45, 7) is 7.78. The standard InChI is InChI=1S/C17H24N4O/c1-12-13(2)19-17-15(5-4-14(18)16(12)17)22-11-10-21-8-6-20(3)7-9-21/h4-6,8,19H,7,9-11,18H2,1-3H3. The summed E-state index contributed by atoms with van der Waals surface area (Å²) >= 11 is 0. The van der Waals surface area contributed by atoms with Crippen LogP contribution >= 0.6 is 0 Å². The van der Waals surface area contributed by atoms with Crippen molar-refractivity contribution in [3.8, 4) is 5.75 Å². The highest BCUT2D eigenvalue weighted by Gasteiger charge is 2.13. The lowest BCUT2D eigenvalue weighted by atomic mass is 10.1. The molecule has 0 aliphatic carbocycles. The summed E-state index contributed by atoms with van der Waals surface area (Å²) in [4.78, 5) is 7.85. The first kappa shape index (κ1) is 14.6. The first-order chi connectivity index (χ1) is 10.6. The summed E-state index contributed by atoms with van der Waals surface area (Å²) in [7, 11) is 2.09. The van der Waals surface area contributed by atoms with Gasteiger partial charge in [-0.05, 0) is 31.5 Å². The van der Waals surface area contributed by atoms with Crippen molar-refractivity contribution in [3.05, 3.63) is 35.8 Å². The van der Waals surface area contributed by atoms with E-state index in [1.54, 1.807) is 0 Å². The molecule has 0 fully saturated rings. The molecule has 0 saturated heterocycles. The monoisotopic (exact) mass is 300 g/mol. The highest BCUT2D eigenvalue weighted by Crippen LogP contribution is 2.33. The van der Waals surface area contributed by atoms with Gasteiger partial charge in [0.25, 0.3) is 0 Å². The molecule has 0 unspecified atom stereocenters. The Hall–Kier alpha value is -2.30. The molecule has 3 N–H and O–H groups in total. The lowest BCUT2D eigenvalue weighted by Crippen LogP contribution is -2.34. The van der Waals surface area contributed by atoms with Crippen molar-refractivity contribution in [2.45, 2.75) is 13.8 Å². The van der Waals surface area contributed by atoms with Crippen LogP contribution in [0.4, 0.5) is 5.69 Å². The van der Waals surface area contributed by atoms with Gasteiger partial charge < -0.3 is 25.3 Å². The Balaban J connectivity index is 1.71. The number of nitrogens with zero attached hydrogens (tertiary/aromatic N) is 2. The molecule has 22 heavy (non-hydrogen) atoms. The lowest BCUT2D eigenvalue weighted by molar-refractivity contribution is 0.229. The summed E-state index contributed by atoms with van der Waals surface area (Å²) in [6.07, 6.45) is 4.22. The van der Waals surface area contributed by atoms with Gasteiger partial charge in [0.1, 0.15) is 12.4 Å². The van der Waals surface area contributed by atoms with Crippen molar-refractivity contribution < 1.29 is 4.74 Å². The van der Waals surface area contributed by atoms with E-state index in [9.17, 15) is 0 Å². The molecule has 1 aromatic heterocycles. The van der Waals surface area contributed by atoms with Gasteiger partial charge in [-0.25, -0.2) is 0 Å². The number of aromatic amines is 1. The van der Waals surface area contributed by atoms with Gasteiger partial charge in [-0.15, -0.1) is 0 Å². The van der Waals surface area contributed by atoms with Gasteiger partial charge in [-0.1, -0.05) is 0 Å². The fourth-order valence-corrected chi connectivity index (χ4v) is 2.82. The Morgan fingerprint density at radius 2 is 2.05 bits per heavy atom. The normalized spacial score (nSPS) is 14.9. The van der Waals surface area contributed by atoms with E-state index in [2.05, 4.69) is 48.1 Å². The summed E-state index contributed by atoms with van der Waals surface area (Å²) in [6, 6.07) is 3.88. The van der Waals surface area contributed by atoms with Gasteiger partial charge in [0.05, 0.1) is 12.1 Å². The van der Waals surface area contributed by atoms with Gasteiger partial charge in [0, 0.05) is 49.3 Å². The van der Waals surface area contributed by atoms with E-state index in [0.29, 0.717) is 6.61 Å². The number of hydrogen-bond donors (Lipinski definition) is 2. The molecule has 0 spiro atoms. The highest BCUT2D eigenvalue weighted by atomic mass is 16.5. The van der Waals surface area contributed by atoms with Gasteiger partial charge >= 0.3 is 0 Å². The van der Waals surface area contributed by atoms with Crippen LogP contribution in [-0.2, 0) is 0 Å². The van der Waals surface area contributed by atoms with E-state index in [1.807, 2.05) is 12.1 Å². The average molecular weight is 300 g/mol. The molecule has 0 saturated carbocycles. The number of aryl methyl sites for hydroxylation is 2. The van der Waals surface area contributed by atoms with Crippen molar-refractivity contribution in [1.82, 2.24) is 14.8 Å². The van der Waals surface area contributed by atoms with Gasteiger partial charge in [0.2, 0.25) is 0 Å². The van der Waals surface area contributed by atoms with E-state index >= 15 is 0 Å². The Morgan fingerprint density at radius 1 is 1.23 bits per heavy atom. The van der Waals surface area contributed by atoms with E-state index < -0.39 is 0 Å². The maximum absolute atomic E-state index is 6.10. The first-order valence-electron chi connectivity index (χ1n) is 7.69. The molecule has 5 heteroatoms. The largest absolute Gasteiger partial charge is 0.490 e. The first-order valence-corrected chi connectivity index (χ1v) is 7.69. The topological polar surface area (TPSA) is 57.5 Å². The van der Waals surface area contributed by atoms with E-state index in [4.69, 9.17) is 10.5 Å². The van der Waals surface area contributed by atoms with Crippen LogP contribution in [0.5, 0.6) is 5.75 Å². The average Bonchev–Trinajstić information content (AvgIpc) is 2.80. The molecule has 5 nitrogen and oxygen atoms in total. The van der Waals surface area contributed by atoms with Crippen molar-refractivity contribution in [2.24, 2.45) is 0 Å². The number of nitrogens with one attached hydrogen (secondary N) is 1. The molecule has 0 atom stereocenters. The van der Waals surface area contributed by atoms with Gasteiger partial charge in [0.15, 0.2) is 0 Å². The van der Waals surface area contributed by atoms with E-state index in [1.165, 1.54) is 5.56 Å². The van der Waals surface area contributed by atoms with Crippen LogP contribution in [0.25, 0.3) is 10.9 Å².